The smallest absolute Gasteiger partial charge is 0.389 e. The van der Waals surface area contributed by atoms with Gasteiger partial charge in [-0.05, 0) is 42.8 Å². The molecule has 2 rings (SSSR count). The van der Waals surface area contributed by atoms with Gasteiger partial charge in [0.1, 0.15) is 6.61 Å². The van der Waals surface area contributed by atoms with Gasteiger partial charge in [0.15, 0.2) is 0 Å². The second-order valence-electron chi connectivity index (χ2n) is 4.32. The van der Waals surface area contributed by atoms with Crippen LogP contribution in [0.5, 0.6) is 0 Å². The van der Waals surface area contributed by atoms with Gasteiger partial charge in [0, 0.05) is 10.7 Å². The number of hydrogen-bond acceptors (Lipinski definition) is 4. The molecule has 0 unspecified atom stereocenters. The van der Waals surface area contributed by atoms with Crippen molar-refractivity contribution < 1.29 is 9.47 Å². The van der Waals surface area contributed by atoms with Gasteiger partial charge in [0.25, 0.3) is 0 Å². The molecular formula is C16H17ClN2O2. The molecule has 0 bridgehead atoms. The van der Waals surface area contributed by atoms with E-state index >= 15 is 0 Å². The van der Waals surface area contributed by atoms with Crippen LogP contribution in [0.3, 0.4) is 0 Å². The number of nitrogens with zero attached hydrogens (tertiary/aromatic N) is 1. The molecule has 0 heterocycles. The number of benzene rings is 2. The maximum Gasteiger partial charge on any atom is 0.389 e. The molecule has 2 N–H and O–H groups in total. The molecule has 0 amide bonds. The van der Waals surface area contributed by atoms with Crippen molar-refractivity contribution in [3.8, 4) is 0 Å². The van der Waals surface area contributed by atoms with Crippen LogP contribution < -0.4 is 5.73 Å². The third-order valence-electron chi connectivity index (χ3n) is 2.61. The second-order valence-corrected chi connectivity index (χ2v) is 4.76. The Labute approximate surface area is 129 Å². The summed E-state index contributed by atoms with van der Waals surface area (Å²) in [6.45, 7) is 2.68. The van der Waals surface area contributed by atoms with Crippen molar-refractivity contribution in [2.24, 2.45) is 4.99 Å². The van der Waals surface area contributed by atoms with Crippen LogP contribution in [-0.4, -0.2) is 12.7 Å². The third-order valence-corrected chi connectivity index (χ3v) is 2.84. The van der Waals surface area contributed by atoms with Crippen LogP contribution in [0.1, 0.15) is 12.5 Å². The first kappa shape index (κ1) is 15.2. The lowest BCUT2D eigenvalue weighted by molar-refractivity contribution is 0.165. The molecule has 5 heteroatoms. The number of rotatable bonds is 4. The van der Waals surface area contributed by atoms with Gasteiger partial charge < -0.3 is 15.2 Å². The maximum absolute atomic E-state index is 5.93. The van der Waals surface area contributed by atoms with Crippen LogP contribution in [0.15, 0.2) is 53.5 Å². The van der Waals surface area contributed by atoms with Gasteiger partial charge in [-0.2, -0.15) is 4.99 Å². The minimum absolute atomic E-state index is 0.210. The summed E-state index contributed by atoms with van der Waals surface area (Å²) in [6.07, 6.45) is 0.210. The molecule has 0 aromatic heterocycles. The van der Waals surface area contributed by atoms with Crippen LogP contribution in [0, 0.1) is 0 Å². The minimum atomic E-state index is 0.210. The highest BCUT2D eigenvalue weighted by atomic mass is 35.5. The molecule has 0 saturated heterocycles. The lowest BCUT2D eigenvalue weighted by Crippen LogP contribution is -2.09. The summed E-state index contributed by atoms with van der Waals surface area (Å²) in [6, 6.07) is 14.7. The number of hydrogen-bond donors (Lipinski definition) is 1. The Kier molecular flexibility index (Phi) is 5.46. The topological polar surface area (TPSA) is 56.8 Å². The standard InChI is InChI=1S/C16H17ClN2O2/c1-2-20-16(19-15-8-4-6-13(17)10-15)21-11-12-5-3-7-14(18)9-12/h3-10H,2,11,18H2,1H3. The number of ether oxygens (including phenoxy) is 2. The van der Waals surface area contributed by atoms with Gasteiger partial charge in [0.2, 0.25) is 0 Å². The quantitative estimate of drug-likeness (QED) is 0.524. The van der Waals surface area contributed by atoms with Gasteiger partial charge in [0.05, 0.1) is 12.3 Å². The van der Waals surface area contributed by atoms with Crippen LogP contribution >= 0.6 is 11.6 Å². The molecule has 0 atom stereocenters. The molecule has 0 aliphatic rings. The fourth-order valence-electron chi connectivity index (χ4n) is 1.71. The Morgan fingerprint density at radius 3 is 2.67 bits per heavy atom. The Hall–Kier alpha value is -2.20. The molecule has 0 radical (unpaired) electrons. The lowest BCUT2D eigenvalue weighted by Gasteiger charge is -2.09. The predicted molar refractivity (Wildman–Crippen MR) is 85.8 cm³/mol. The van der Waals surface area contributed by atoms with Gasteiger partial charge in [-0.3, -0.25) is 0 Å². The van der Waals surface area contributed by atoms with Crippen molar-refractivity contribution in [1.29, 1.82) is 0 Å². The van der Waals surface area contributed by atoms with E-state index in [0.717, 1.165) is 5.56 Å². The summed E-state index contributed by atoms with van der Waals surface area (Å²) in [4.78, 5) is 4.30. The first-order valence-electron chi connectivity index (χ1n) is 6.61. The first-order valence-corrected chi connectivity index (χ1v) is 6.99. The average Bonchev–Trinajstić information content (AvgIpc) is 2.45. The van der Waals surface area contributed by atoms with Gasteiger partial charge in [-0.1, -0.05) is 29.8 Å². The van der Waals surface area contributed by atoms with Gasteiger partial charge in [-0.15, -0.1) is 0 Å². The summed E-state index contributed by atoms with van der Waals surface area (Å²) in [5.74, 6) is 0. The Balaban J connectivity index is 2.08. The molecule has 2 aromatic rings. The van der Waals surface area contributed by atoms with Crippen molar-refractivity contribution in [3.05, 3.63) is 59.1 Å². The summed E-state index contributed by atoms with van der Waals surface area (Å²) >= 11 is 5.93. The SMILES string of the molecule is CCOC(=Nc1cccc(Cl)c1)OCc1cccc(N)c1. The van der Waals surface area contributed by atoms with Crippen molar-refractivity contribution in [3.63, 3.8) is 0 Å². The van der Waals surface area contributed by atoms with Gasteiger partial charge in [-0.25, -0.2) is 0 Å². The summed E-state index contributed by atoms with van der Waals surface area (Å²) in [7, 11) is 0. The van der Waals surface area contributed by atoms with Crippen LogP contribution in [0.2, 0.25) is 5.02 Å². The first-order chi connectivity index (χ1) is 10.2. The predicted octanol–water partition coefficient (Wildman–Crippen LogP) is 4.16. The van der Waals surface area contributed by atoms with Crippen LogP contribution in [-0.2, 0) is 16.1 Å². The van der Waals surface area contributed by atoms with E-state index in [2.05, 4.69) is 4.99 Å². The summed E-state index contributed by atoms with van der Waals surface area (Å²) < 4.78 is 11.0. The molecule has 0 saturated carbocycles. The van der Waals surface area contributed by atoms with Crippen molar-refractivity contribution in [2.75, 3.05) is 12.3 Å². The highest BCUT2D eigenvalue weighted by molar-refractivity contribution is 6.30. The van der Waals surface area contributed by atoms with E-state index < -0.39 is 0 Å². The van der Waals surface area contributed by atoms with E-state index in [1.165, 1.54) is 0 Å². The zero-order valence-electron chi connectivity index (χ0n) is 11.8. The number of halogens is 1. The maximum atomic E-state index is 5.93. The van der Waals surface area contributed by atoms with E-state index in [-0.39, 0.29) is 6.08 Å². The summed E-state index contributed by atoms with van der Waals surface area (Å²) in [5.41, 5.74) is 8.06. The molecule has 110 valence electrons. The zero-order valence-corrected chi connectivity index (χ0v) is 12.5. The third kappa shape index (κ3) is 5.00. The molecule has 0 fully saturated rings. The molecule has 0 aliphatic carbocycles. The normalized spacial score (nSPS) is 11.2. The number of nitrogen functional groups attached to an aromatic ring is 1. The Morgan fingerprint density at radius 1 is 1.14 bits per heavy atom. The molecule has 0 aliphatic heterocycles. The van der Waals surface area contributed by atoms with E-state index in [1.807, 2.05) is 43.3 Å². The van der Waals surface area contributed by atoms with E-state index in [1.54, 1.807) is 12.1 Å². The molecule has 0 spiro atoms. The Morgan fingerprint density at radius 2 is 1.95 bits per heavy atom. The number of aliphatic imine (C=N–C) groups is 1. The van der Waals surface area contributed by atoms with Gasteiger partial charge >= 0.3 is 6.08 Å². The second kappa shape index (κ2) is 7.55. The van der Waals surface area contributed by atoms with E-state index in [9.17, 15) is 0 Å². The molecule has 4 nitrogen and oxygen atoms in total. The highest BCUT2D eigenvalue weighted by Gasteiger charge is 2.04. The van der Waals surface area contributed by atoms with Crippen molar-refractivity contribution in [1.82, 2.24) is 0 Å². The average molecular weight is 305 g/mol. The number of anilines is 1. The Bertz CT molecular complexity index is 629. The van der Waals surface area contributed by atoms with Crippen molar-refractivity contribution >= 4 is 29.1 Å². The fourth-order valence-corrected chi connectivity index (χ4v) is 1.89. The zero-order chi connectivity index (χ0) is 15.1. The van der Waals surface area contributed by atoms with E-state index in [0.29, 0.717) is 29.6 Å². The monoisotopic (exact) mass is 304 g/mol. The van der Waals surface area contributed by atoms with E-state index in [4.69, 9.17) is 26.8 Å². The molecular weight excluding hydrogens is 288 g/mol. The highest BCUT2D eigenvalue weighted by Crippen LogP contribution is 2.18. The summed E-state index contributed by atoms with van der Waals surface area (Å²) in [5, 5.41) is 0.614. The largest absolute Gasteiger partial charge is 0.451 e. The molecule has 21 heavy (non-hydrogen) atoms. The van der Waals surface area contributed by atoms with Crippen LogP contribution in [0.25, 0.3) is 0 Å². The fraction of sp³-hybridized carbons (Fsp3) is 0.188. The van der Waals surface area contributed by atoms with Crippen LogP contribution in [0.4, 0.5) is 11.4 Å². The molecule has 2 aromatic carbocycles. The van der Waals surface area contributed by atoms with Crippen molar-refractivity contribution in [2.45, 2.75) is 13.5 Å². The lowest BCUT2D eigenvalue weighted by atomic mass is 10.2. The minimum Gasteiger partial charge on any atom is -0.451 e. The number of nitrogens with two attached hydrogens (primary N) is 1.